The van der Waals surface area contributed by atoms with Crippen LogP contribution in [0.3, 0.4) is 0 Å². The fourth-order valence-electron chi connectivity index (χ4n) is 4.27. The molecule has 2 fully saturated rings. The van der Waals surface area contributed by atoms with E-state index in [2.05, 4.69) is 15.3 Å². The minimum atomic E-state index is -0.352. The maximum absolute atomic E-state index is 12.8. The molecule has 4 rings (SSSR count). The Bertz CT molecular complexity index is 855. The fraction of sp³-hybridized carbons (Fsp3) is 0.550. The Morgan fingerprint density at radius 2 is 2.22 bits per heavy atom. The van der Waals surface area contributed by atoms with Crippen LogP contribution in [0.1, 0.15) is 31.2 Å². The van der Waals surface area contributed by atoms with Crippen molar-refractivity contribution in [3.8, 4) is 0 Å². The molecule has 1 saturated heterocycles. The molecule has 2 aromatic rings. The van der Waals surface area contributed by atoms with Gasteiger partial charge in [-0.3, -0.25) is 19.5 Å². The number of nitrogens with one attached hydrogen (secondary N) is 2. The summed E-state index contributed by atoms with van der Waals surface area (Å²) >= 11 is 0. The van der Waals surface area contributed by atoms with E-state index in [4.69, 9.17) is 0 Å². The lowest BCUT2D eigenvalue weighted by molar-refractivity contribution is -0.138. The topological polar surface area (TPSA) is 81.3 Å². The van der Waals surface area contributed by atoms with E-state index in [-0.39, 0.29) is 23.4 Å². The lowest BCUT2D eigenvalue weighted by Gasteiger charge is -2.45. The van der Waals surface area contributed by atoms with Gasteiger partial charge in [-0.05, 0) is 51.4 Å². The molecule has 2 amide bonds. The van der Waals surface area contributed by atoms with Gasteiger partial charge < -0.3 is 15.2 Å². The van der Waals surface area contributed by atoms with Crippen molar-refractivity contribution < 1.29 is 9.59 Å². The number of aromatic nitrogens is 2. The molecular weight excluding hydrogens is 342 g/mol. The van der Waals surface area contributed by atoms with E-state index in [0.29, 0.717) is 19.5 Å². The van der Waals surface area contributed by atoms with Gasteiger partial charge in [0.2, 0.25) is 11.8 Å². The zero-order valence-electron chi connectivity index (χ0n) is 16.0. The lowest BCUT2D eigenvalue weighted by atomic mass is 9.75. The van der Waals surface area contributed by atoms with Gasteiger partial charge in [-0.15, -0.1) is 0 Å². The first-order valence-electron chi connectivity index (χ1n) is 9.66. The molecule has 7 nitrogen and oxygen atoms in total. The summed E-state index contributed by atoms with van der Waals surface area (Å²) in [6.45, 7) is 1.29. The second-order valence-corrected chi connectivity index (χ2v) is 7.99. The van der Waals surface area contributed by atoms with Gasteiger partial charge in [0.05, 0.1) is 23.7 Å². The molecule has 7 heteroatoms. The van der Waals surface area contributed by atoms with Crippen molar-refractivity contribution >= 4 is 22.7 Å². The van der Waals surface area contributed by atoms with E-state index >= 15 is 0 Å². The summed E-state index contributed by atoms with van der Waals surface area (Å²) in [5.41, 5.74) is 1.59. The Labute approximate surface area is 159 Å². The second kappa shape index (κ2) is 6.96. The Balaban J connectivity index is 1.35. The molecule has 2 aliphatic rings. The smallest absolute Gasteiger partial charge is 0.240 e. The first-order chi connectivity index (χ1) is 13.0. The maximum Gasteiger partial charge on any atom is 0.240 e. The van der Waals surface area contributed by atoms with E-state index in [1.165, 1.54) is 0 Å². The van der Waals surface area contributed by atoms with Crippen molar-refractivity contribution in [2.24, 2.45) is 0 Å². The van der Waals surface area contributed by atoms with Crippen LogP contribution in [0.5, 0.6) is 0 Å². The Morgan fingerprint density at radius 1 is 1.41 bits per heavy atom. The van der Waals surface area contributed by atoms with Crippen LogP contribution in [0.4, 0.5) is 0 Å². The van der Waals surface area contributed by atoms with Crippen LogP contribution < -0.4 is 5.32 Å². The average Bonchev–Trinajstić information content (AvgIpc) is 3.21. The number of hydrogen-bond donors (Lipinski definition) is 2. The summed E-state index contributed by atoms with van der Waals surface area (Å²) in [4.78, 5) is 36.7. The van der Waals surface area contributed by atoms with Gasteiger partial charge in [-0.25, -0.2) is 0 Å². The van der Waals surface area contributed by atoms with Crippen molar-refractivity contribution in [3.63, 3.8) is 0 Å². The number of hydrogen-bond acceptors (Lipinski definition) is 4. The number of pyridine rings is 1. The summed E-state index contributed by atoms with van der Waals surface area (Å²) in [5.74, 6) is 0.220. The first-order valence-corrected chi connectivity index (χ1v) is 9.66. The molecule has 144 valence electrons. The fourth-order valence-corrected chi connectivity index (χ4v) is 4.27. The van der Waals surface area contributed by atoms with Gasteiger partial charge >= 0.3 is 0 Å². The maximum atomic E-state index is 12.8. The molecule has 0 bridgehead atoms. The highest BCUT2D eigenvalue weighted by molar-refractivity contribution is 5.89. The number of fused-ring (bicyclic) bond motifs is 1. The molecule has 0 radical (unpaired) electrons. The molecule has 1 saturated carbocycles. The lowest BCUT2D eigenvalue weighted by Crippen LogP contribution is -2.62. The number of carbonyl (C=O) groups is 2. The highest BCUT2D eigenvalue weighted by Crippen LogP contribution is 2.36. The minimum absolute atomic E-state index is 0.0473. The molecule has 0 unspecified atom stereocenters. The highest BCUT2D eigenvalue weighted by atomic mass is 16.2. The number of rotatable bonds is 5. The summed E-state index contributed by atoms with van der Waals surface area (Å²) in [6, 6.07) is 1.98. The van der Waals surface area contributed by atoms with Crippen LogP contribution in [-0.2, 0) is 16.0 Å². The first kappa shape index (κ1) is 18.0. The average molecular weight is 369 g/mol. The standard InChI is InChI=1S/C20H27N5O2/c1-24(2)20(6-3-7-20)19(27)23-15-5-9-25(13-15)18(26)10-14-11-22-17-12-21-8-4-16(14)17/h4,8,11-12,15,22H,3,5-7,9-10,13H2,1-2H3,(H,23,27)/t15-/m0/s1. The molecule has 2 N–H and O–H groups in total. The molecule has 1 aliphatic carbocycles. The number of carbonyl (C=O) groups excluding carboxylic acids is 2. The summed E-state index contributed by atoms with van der Waals surface area (Å²) in [6.07, 6.45) is 9.51. The Kier molecular flexibility index (Phi) is 4.63. The van der Waals surface area contributed by atoms with E-state index in [1.54, 1.807) is 12.4 Å². The van der Waals surface area contributed by atoms with E-state index in [0.717, 1.165) is 42.1 Å². The van der Waals surface area contributed by atoms with Gasteiger partial charge in [0.25, 0.3) is 0 Å². The molecule has 0 spiro atoms. The molecule has 1 atom stereocenters. The van der Waals surface area contributed by atoms with Gasteiger partial charge in [-0.1, -0.05) is 0 Å². The third-order valence-electron chi connectivity index (χ3n) is 6.25. The van der Waals surface area contributed by atoms with E-state index in [1.807, 2.05) is 36.2 Å². The predicted octanol–water partition coefficient (Wildman–Crippen LogP) is 1.31. The van der Waals surface area contributed by atoms with Crippen molar-refractivity contribution in [2.75, 3.05) is 27.2 Å². The van der Waals surface area contributed by atoms with Gasteiger partial charge in [0, 0.05) is 36.9 Å². The number of nitrogens with zero attached hydrogens (tertiary/aromatic N) is 3. The number of likely N-dealkylation sites (N-methyl/N-ethyl adjacent to an activating group) is 1. The van der Waals surface area contributed by atoms with E-state index < -0.39 is 0 Å². The largest absolute Gasteiger partial charge is 0.360 e. The Morgan fingerprint density at radius 3 is 2.93 bits per heavy atom. The SMILES string of the molecule is CN(C)C1(C(=O)N[C@H]2CCN(C(=O)Cc3c[nH]c4cnccc34)C2)CCC1. The highest BCUT2D eigenvalue weighted by Gasteiger charge is 2.47. The van der Waals surface area contributed by atoms with Crippen LogP contribution in [-0.4, -0.2) is 70.3 Å². The van der Waals surface area contributed by atoms with Crippen LogP contribution in [0.2, 0.25) is 0 Å². The van der Waals surface area contributed by atoms with Gasteiger partial charge in [0.1, 0.15) is 0 Å². The number of amides is 2. The predicted molar refractivity (Wildman–Crippen MR) is 103 cm³/mol. The third-order valence-corrected chi connectivity index (χ3v) is 6.25. The monoisotopic (exact) mass is 369 g/mol. The zero-order chi connectivity index (χ0) is 19.0. The van der Waals surface area contributed by atoms with Gasteiger partial charge in [0.15, 0.2) is 0 Å². The van der Waals surface area contributed by atoms with Crippen LogP contribution in [0, 0.1) is 0 Å². The van der Waals surface area contributed by atoms with Crippen molar-refractivity contribution in [3.05, 3.63) is 30.2 Å². The van der Waals surface area contributed by atoms with Gasteiger partial charge in [-0.2, -0.15) is 0 Å². The summed E-state index contributed by atoms with van der Waals surface area (Å²) in [7, 11) is 3.94. The quantitative estimate of drug-likeness (QED) is 0.833. The zero-order valence-corrected chi connectivity index (χ0v) is 16.0. The normalized spacial score (nSPS) is 21.4. The number of aromatic amines is 1. The molecule has 2 aromatic heterocycles. The van der Waals surface area contributed by atoms with Crippen molar-refractivity contribution in [2.45, 2.75) is 43.7 Å². The molecule has 0 aromatic carbocycles. The number of H-pyrrole nitrogens is 1. The third kappa shape index (κ3) is 3.20. The van der Waals surface area contributed by atoms with Crippen molar-refractivity contribution in [1.29, 1.82) is 0 Å². The second-order valence-electron chi connectivity index (χ2n) is 7.99. The summed E-state index contributed by atoms with van der Waals surface area (Å²) < 4.78 is 0. The molecular formula is C20H27N5O2. The molecule has 27 heavy (non-hydrogen) atoms. The van der Waals surface area contributed by atoms with E-state index in [9.17, 15) is 9.59 Å². The molecule has 3 heterocycles. The van der Waals surface area contributed by atoms with Crippen LogP contribution >= 0.6 is 0 Å². The molecule has 1 aliphatic heterocycles. The summed E-state index contributed by atoms with van der Waals surface area (Å²) in [5, 5.41) is 4.23. The minimum Gasteiger partial charge on any atom is -0.360 e. The number of likely N-dealkylation sites (tertiary alicyclic amines) is 1. The van der Waals surface area contributed by atoms with Crippen LogP contribution in [0.15, 0.2) is 24.7 Å². The van der Waals surface area contributed by atoms with Crippen LogP contribution in [0.25, 0.3) is 10.9 Å². The Hall–Kier alpha value is -2.41. The van der Waals surface area contributed by atoms with Crippen molar-refractivity contribution in [1.82, 2.24) is 25.1 Å².